The Bertz CT molecular complexity index is 856. The molecule has 3 rings (SSSR count). The molecule has 2 aromatic heterocycles. The van der Waals surface area contributed by atoms with Crippen LogP contribution in [0.5, 0.6) is 0 Å². The van der Waals surface area contributed by atoms with E-state index in [1.165, 1.54) is 29.5 Å². The van der Waals surface area contributed by atoms with Crippen molar-refractivity contribution in [2.45, 2.75) is 39.2 Å². The molecule has 2 heterocycles. The molecule has 0 saturated heterocycles. The van der Waals surface area contributed by atoms with Gasteiger partial charge in [-0.1, -0.05) is 0 Å². The molecule has 138 valence electrons. The Labute approximate surface area is 160 Å². The Morgan fingerprint density at radius 1 is 1.38 bits per heavy atom. The number of nitrogens with one attached hydrogen (secondary N) is 2. The van der Waals surface area contributed by atoms with Gasteiger partial charge in [0.25, 0.3) is 5.91 Å². The molecular formula is C17H20N4O3S2. The standard InChI is InChI=1S/C17H20N4O3S2/c1-3-21-9-10(8-18-21)14(22)19-17(25)20-15-13(16(23)24-2)11-6-4-5-7-12(11)26-15/h8-9H,3-7H2,1-2H3,(H2,19,20,22,25). The number of carbonyl (C=O) groups is 2. The van der Waals surface area contributed by atoms with Gasteiger partial charge >= 0.3 is 5.97 Å². The van der Waals surface area contributed by atoms with Crippen molar-refractivity contribution < 1.29 is 14.3 Å². The van der Waals surface area contributed by atoms with Crippen molar-refractivity contribution in [1.82, 2.24) is 15.1 Å². The third-order valence-corrected chi connectivity index (χ3v) is 5.65. The number of methoxy groups -OCH3 is 1. The van der Waals surface area contributed by atoms with Gasteiger partial charge in [0.1, 0.15) is 5.00 Å². The van der Waals surface area contributed by atoms with E-state index in [1.807, 2.05) is 6.92 Å². The lowest BCUT2D eigenvalue weighted by molar-refractivity contribution is 0.0601. The van der Waals surface area contributed by atoms with Gasteiger partial charge in [-0.25, -0.2) is 4.79 Å². The number of thiophene rings is 1. The summed E-state index contributed by atoms with van der Waals surface area (Å²) in [4.78, 5) is 25.7. The van der Waals surface area contributed by atoms with Crippen LogP contribution in [0.4, 0.5) is 5.00 Å². The van der Waals surface area contributed by atoms with Gasteiger partial charge in [0.15, 0.2) is 5.11 Å². The summed E-state index contributed by atoms with van der Waals surface area (Å²) in [5.74, 6) is -0.728. The first kappa shape index (κ1) is 18.5. The van der Waals surface area contributed by atoms with Crippen LogP contribution in [0.25, 0.3) is 0 Å². The number of aromatic nitrogens is 2. The number of esters is 1. The summed E-state index contributed by atoms with van der Waals surface area (Å²) in [6.45, 7) is 2.62. The Morgan fingerprint density at radius 3 is 2.85 bits per heavy atom. The highest BCUT2D eigenvalue weighted by atomic mass is 32.1. The van der Waals surface area contributed by atoms with Crippen molar-refractivity contribution in [3.05, 3.63) is 34.0 Å². The van der Waals surface area contributed by atoms with Crippen LogP contribution in [0, 0.1) is 0 Å². The van der Waals surface area contributed by atoms with Crippen LogP contribution in [0.15, 0.2) is 12.4 Å². The van der Waals surface area contributed by atoms with Crippen LogP contribution in [0.1, 0.15) is 50.9 Å². The Kier molecular flexibility index (Phi) is 5.67. The number of aryl methyl sites for hydroxylation is 2. The predicted octanol–water partition coefficient (Wildman–Crippen LogP) is 2.76. The van der Waals surface area contributed by atoms with E-state index in [-0.39, 0.29) is 17.0 Å². The SMILES string of the molecule is CCn1cc(C(=O)NC(=S)Nc2sc3c(c2C(=O)OC)CCCC3)cn1. The zero-order valence-electron chi connectivity index (χ0n) is 14.6. The Hall–Kier alpha value is -2.26. The summed E-state index contributed by atoms with van der Waals surface area (Å²) in [6.07, 6.45) is 7.10. The molecule has 0 spiro atoms. The van der Waals surface area contributed by atoms with Gasteiger partial charge < -0.3 is 10.1 Å². The molecule has 2 N–H and O–H groups in total. The second-order valence-electron chi connectivity index (χ2n) is 5.90. The average molecular weight is 393 g/mol. The first-order chi connectivity index (χ1) is 12.5. The summed E-state index contributed by atoms with van der Waals surface area (Å²) in [5.41, 5.74) is 1.99. The van der Waals surface area contributed by atoms with E-state index < -0.39 is 0 Å². The largest absolute Gasteiger partial charge is 0.465 e. The Balaban J connectivity index is 1.75. The minimum absolute atomic E-state index is 0.142. The summed E-state index contributed by atoms with van der Waals surface area (Å²) in [6, 6.07) is 0. The number of hydrogen-bond donors (Lipinski definition) is 2. The predicted molar refractivity (Wildman–Crippen MR) is 104 cm³/mol. The molecule has 9 heteroatoms. The molecule has 1 aliphatic rings. The van der Waals surface area contributed by atoms with Crippen LogP contribution in [0.3, 0.4) is 0 Å². The van der Waals surface area contributed by atoms with Crippen molar-refractivity contribution >= 4 is 45.5 Å². The highest BCUT2D eigenvalue weighted by molar-refractivity contribution is 7.80. The van der Waals surface area contributed by atoms with E-state index in [4.69, 9.17) is 17.0 Å². The van der Waals surface area contributed by atoms with Crippen LogP contribution < -0.4 is 10.6 Å². The van der Waals surface area contributed by atoms with E-state index in [2.05, 4.69) is 15.7 Å². The summed E-state index contributed by atoms with van der Waals surface area (Å²) in [5, 5.41) is 10.5. The van der Waals surface area contributed by atoms with Gasteiger partial charge in [0, 0.05) is 17.6 Å². The molecule has 7 nitrogen and oxygen atoms in total. The van der Waals surface area contributed by atoms with E-state index in [0.717, 1.165) is 31.2 Å². The number of amides is 1. The zero-order chi connectivity index (χ0) is 18.7. The summed E-state index contributed by atoms with van der Waals surface area (Å²) < 4.78 is 6.60. The van der Waals surface area contributed by atoms with Crippen molar-refractivity contribution in [2.75, 3.05) is 12.4 Å². The van der Waals surface area contributed by atoms with E-state index in [0.29, 0.717) is 22.7 Å². The molecule has 2 aromatic rings. The molecule has 1 aliphatic carbocycles. The van der Waals surface area contributed by atoms with Gasteiger partial charge in [-0.05, 0) is 50.4 Å². The number of anilines is 1. The van der Waals surface area contributed by atoms with Crippen molar-refractivity contribution in [2.24, 2.45) is 0 Å². The number of ether oxygens (including phenoxy) is 1. The van der Waals surface area contributed by atoms with Crippen LogP contribution >= 0.6 is 23.6 Å². The first-order valence-electron chi connectivity index (χ1n) is 8.41. The van der Waals surface area contributed by atoms with Gasteiger partial charge in [-0.3, -0.25) is 14.8 Å². The van der Waals surface area contributed by atoms with Gasteiger partial charge in [-0.15, -0.1) is 11.3 Å². The lowest BCUT2D eigenvalue weighted by Crippen LogP contribution is -2.34. The molecule has 0 aliphatic heterocycles. The van der Waals surface area contributed by atoms with Gasteiger partial charge in [0.2, 0.25) is 0 Å². The summed E-state index contributed by atoms with van der Waals surface area (Å²) in [7, 11) is 1.37. The smallest absolute Gasteiger partial charge is 0.341 e. The molecule has 0 bridgehead atoms. The van der Waals surface area contributed by atoms with Crippen molar-refractivity contribution in [3.8, 4) is 0 Å². The maximum Gasteiger partial charge on any atom is 0.341 e. The number of nitrogens with zero attached hydrogens (tertiary/aromatic N) is 2. The minimum atomic E-state index is -0.384. The molecule has 0 radical (unpaired) electrons. The highest BCUT2D eigenvalue weighted by Crippen LogP contribution is 2.38. The van der Waals surface area contributed by atoms with Crippen LogP contribution in [-0.2, 0) is 24.1 Å². The zero-order valence-corrected chi connectivity index (χ0v) is 16.3. The van der Waals surface area contributed by atoms with E-state index >= 15 is 0 Å². The molecule has 0 saturated carbocycles. The Morgan fingerprint density at radius 2 is 2.15 bits per heavy atom. The molecule has 0 unspecified atom stereocenters. The second-order valence-corrected chi connectivity index (χ2v) is 7.41. The monoisotopic (exact) mass is 392 g/mol. The quantitative estimate of drug-likeness (QED) is 0.615. The van der Waals surface area contributed by atoms with Crippen molar-refractivity contribution in [1.29, 1.82) is 0 Å². The fourth-order valence-corrected chi connectivity index (χ4v) is 4.48. The maximum absolute atomic E-state index is 12.3. The second kappa shape index (κ2) is 7.96. The average Bonchev–Trinajstić information content (AvgIpc) is 3.25. The molecule has 0 fully saturated rings. The van der Waals surface area contributed by atoms with E-state index in [9.17, 15) is 9.59 Å². The molecule has 0 aromatic carbocycles. The van der Waals surface area contributed by atoms with Gasteiger partial charge in [0.05, 0.1) is 24.4 Å². The van der Waals surface area contributed by atoms with Gasteiger partial charge in [-0.2, -0.15) is 5.10 Å². The lowest BCUT2D eigenvalue weighted by Gasteiger charge is -2.12. The fraction of sp³-hybridized carbons (Fsp3) is 0.412. The summed E-state index contributed by atoms with van der Waals surface area (Å²) >= 11 is 6.75. The topological polar surface area (TPSA) is 85.2 Å². The fourth-order valence-electron chi connectivity index (χ4n) is 2.94. The van der Waals surface area contributed by atoms with Crippen LogP contribution in [0.2, 0.25) is 0 Å². The van der Waals surface area contributed by atoms with Crippen LogP contribution in [-0.4, -0.2) is 33.9 Å². The lowest BCUT2D eigenvalue weighted by atomic mass is 9.95. The molecular weight excluding hydrogens is 372 g/mol. The maximum atomic E-state index is 12.3. The molecule has 26 heavy (non-hydrogen) atoms. The molecule has 0 atom stereocenters. The molecule has 1 amide bonds. The number of thiocarbonyl (C=S) groups is 1. The normalized spacial score (nSPS) is 13.0. The number of rotatable bonds is 4. The number of carbonyl (C=O) groups excluding carboxylic acids is 2. The minimum Gasteiger partial charge on any atom is -0.465 e. The number of hydrogen-bond acceptors (Lipinski definition) is 6. The van der Waals surface area contributed by atoms with Crippen molar-refractivity contribution in [3.63, 3.8) is 0 Å². The first-order valence-corrected chi connectivity index (χ1v) is 9.63. The third kappa shape index (κ3) is 3.78. The third-order valence-electron chi connectivity index (χ3n) is 4.23. The van der Waals surface area contributed by atoms with E-state index in [1.54, 1.807) is 10.9 Å². The highest BCUT2D eigenvalue weighted by Gasteiger charge is 2.26. The number of fused-ring (bicyclic) bond motifs is 1.